The van der Waals surface area contributed by atoms with Crippen LogP contribution >= 0.6 is 0 Å². The van der Waals surface area contributed by atoms with Gasteiger partial charge in [0.15, 0.2) is 0 Å². The summed E-state index contributed by atoms with van der Waals surface area (Å²) in [7, 11) is 1.53. The van der Waals surface area contributed by atoms with Gasteiger partial charge < -0.3 is 24.4 Å². The molecule has 2 aromatic rings. The number of piperidine rings is 1. The van der Waals surface area contributed by atoms with Gasteiger partial charge in [0.2, 0.25) is 5.88 Å². The number of pyridine rings is 1. The molecule has 1 N–H and O–H groups in total. The molecule has 3 heterocycles. The number of aromatic nitrogens is 1. The monoisotopic (exact) mass is 497 g/mol. The van der Waals surface area contributed by atoms with Crippen LogP contribution < -0.4 is 19.3 Å². The molecular weight excluding hydrogens is 470 g/mol. The summed E-state index contributed by atoms with van der Waals surface area (Å²) in [6, 6.07) is 7.04. The van der Waals surface area contributed by atoms with Crippen molar-refractivity contribution in [1.82, 2.24) is 4.98 Å². The minimum absolute atomic E-state index is 0.139. The van der Waals surface area contributed by atoms with Crippen LogP contribution in [0, 0.1) is 11.7 Å². The fourth-order valence-electron chi connectivity index (χ4n) is 4.72. The van der Waals surface area contributed by atoms with Crippen LogP contribution in [0.2, 0.25) is 0 Å². The van der Waals surface area contributed by atoms with Crippen molar-refractivity contribution in [2.45, 2.75) is 44.0 Å². The van der Waals surface area contributed by atoms with E-state index in [-0.39, 0.29) is 31.3 Å². The zero-order valence-electron chi connectivity index (χ0n) is 19.2. The molecule has 7 nitrogen and oxygen atoms in total. The Labute approximate surface area is 200 Å². The first-order valence-electron chi connectivity index (χ1n) is 11.4. The van der Waals surface area contributed by atoms with Gasteiger partial charge in [-0.2, -0.15) is 13.2 Å². The molecule has 0 spiro atoms. The maximum absolute atomic E-state index is 14.2. The van der Waals surface area contributed by atoms with E-state index < -0.39 is 24.1 Å². The summed E-state index contributed by atoms with van der Waals surface area (Å²) >= 11 is 0. The van der Waals surface area contributed by atoms with Crippen molar-refractivity contribution in [2.75, 3.05) is 36.5 Å². The van der Waals surface area contributed by atoms with Gasteiger partial charge in [-0.1, -0.05) is 0 Å². The molecule has 2 saturated heterocycles. The fourth-order valence-corrected chi connectivity index (χ4v) is 4.72. The van der Waals surface area contributed by atoms with E-state index in [4.69, 9.17) is 14.6 Å². The highest BCUT2D eigenvalue weighted by Crippen LogP contribution is 2.40. The van der Waals surface area contributed by atoms with Crippen LogP contribution in [0.15, 0.2) is 36.5 Å². The number of alkyl halides is 3. The molecule has 0 bridgehead atoms. The lowest BCUT2D eigenvalue weighted by Gasteiger charge is -2.33. The van der Waals surface area contributed by atoms with E-state index in [0.29, 0.717) is 48.9 Å². The molecular formula is C24H27F4N3O4. The van der Waals surface area contributed by atoms with Gasteiger partial charge in [-0.3, -0.25) is 4.79 Å². The minimum Gasteiger partial charge on any atom is -0.497 e. The molecule has 0 radical (unpaired) electrons. The van der Waals surface area contributed by atoms with Gasteiger partial charge in [-0.15, -0.1) is 0 Å². The predicted molar refractivity (Wildman–Crippen MR) is 121 cm³/mol. The van der Waals surface area contributed by atoms with E-state index in [2.05, 4.69) is 4.98 Å². The molecule has 0 amide bonds. The number of methoxy groups -OCH3 is 1. The van der Waals surface area contributed by atoms with Crippen molar-refractivity contribution in [1.29, 1.82) is 0 Å². The smallest absolute Gasteiger partial charge is 0.393 e. The largest absolute Gasteiger partial charge is 0.497 e. The van der Waals surface area contributed by atoms with E-state index in [1.165, 1.54) is 24.3 Å². The average Bonchev–Trinajstić information content (AvgIpc) is 3.24. The lowest BCUT2D eigenvalue weighted by atomic mass is 10.0. The number of ether oxygens (including phenoxy) is 2. The van der Waals surface area contributed by atoms with Gasteiger partial charge in [0.25, 0.3) is 0 Å². The quantitative estimate of drug-likeness (QED) is 0.565. The summed E-state index contributed by atoms with van der Waals surface area (Å²) in [5, 5.41) is 9.11. The molecule has 2 atom stereocenters. The number of nitrogens with zero attached hydrogens (tertiary/aromatic N) is 3. The standard InChI is InChI=1S/C24H27F4N3O4/c1-34-19-3-4-20(25)21(12-19)30-8-6-18(7-9-30)35-22-5-2-16(13-29-22)31-14-15(24(26,27)28)10-17(31)11-23(32)33/h2-5,12-13,15,17-18H,6-11,14H2,1H3,(H,32,33). The molecule has 1 aromatic carbocycles. The molecule has 2 aliphatic heterocycles. The van der Waals surface area contributed by atoms with E-state index in [9.17, 15) is 22.4 Å². The van der Waals surface area contributed by atoms with Gasteiger partial charge in [-0.25, -0.2) is 9.37 Å². The zero-order valence-corrected chi connectivity index (χ0v) is 19.2. The Balaban J connectivity index is 1.36. The molecule has 0 aliphatic carbocycles. The van der Waals surface area contributed by atoms with E-state index in [0.717, 1.165) is 0 Å². The summed E-state index contributed by atoms with van der Waals surface area (Å²) < 4.78 is 65.1. The number of aliphatic carboxylic acids is 1. The molecule has 190 valence electrons. The lowest BCUT2D eigenvalue weighted by Crippen LogP contribution is -2.38. The van der Waals surface area contributed by atoms with Gasteiger partial charge in [-0.05, 0) is 24.6 Å². The second-order valence-electron chi connectivity index (χ2n) is 8.85. The van der Waals surface area contributed by atoms with Gasteiger partial charge in [0.1, 0.15) is 17.7 Å². The molecule has 35 heavy (non-hydrogen) atoms. The first kappa shape index (κ1) is 24.9. The number of benzene rings is 1. The highest BCUT2D eigenvalue weighted by atomic mass is 19.4. The van der Waals surface area contributed by atoms with E-state index in [1.54, 1.807) is 24.3 Å². The Bertz CT molecular complexity index is 1030. The van der Waals surface area contributed by atoms with Gasteiger partial charge >= 0.3 is 12.1 Å². The van der Waals surface area contributed by atoms with Crippen LogP contribution in [0.4, 0.5) is 28.9 Å². The number of anilines is 2. The number of carboxylic acids is 1. The zero-order chi connectivity index (χ0) is 25.2. The average molecular weight is 497 g/mol. The number of hydrogen-bond acceptors (Lipinski definition) is 6. The Kier molecular flexibility index (Phi) is 7.23. The molecule has 4 rings (SSSR count). The van der Waals surface area contributed by atoms with Crippen molar-refractivity contribution >= 4 is 17.3 Å². The van der Waals surface area contributed by atoms with Gasteiger partial charge in [0, 0.05) is 50.7 Å². The highest BCUT2D eigenvalue weighted by molar-refractivity contribution is 5.69. The van der Waals surface area contributed by atoms with Crippen LogP contribution in [0.3, 0.4) is 0 Å². The van der Waals surface area contributed by atoms with Crippen LogP contribution in [0.5, 0.6) is 11.6 Å². The van der Waals surface area contributed by atoms with Crippen LogP contribution in [-0.2, 0) is 4.79 Å². The predicted octanol–water partition coefficient (Wildman–Crippen LogP) is 4.51. The molecule has 2 fully saturated rings. The first-order valence-corrected chi connectivity index (χ1v) is 11.4. The van der Waals surface area contributed by atoms with Crippen molar-refractivity contribution in [3.05, 3.63) is 42.3 Å². The number of carbonyl (C=O) groups is 1. The second kappa shape index (κ2) is 10.2. The lowest BCUT2D eigenvalue weighted by molar-refractivity contribution is -0.169. The van der Waals surface area contributed by atoms with E-state index in [1.807, 2.05) is 4.90 Å². The minimum atomic E-state index is -4.38. The third-order valence-corrected chi connectivity index (χ3v) is 6.56. The maximum atomic E-state index is 14.2. The maximum Gasteiger partial charge on any atom is 0.393 e. The number of carboxylic acid groups (broad SMARTS) is 1. The Morgan fingerprint density at radius 2 is 1.94 bits per heavy atom. The summed E-state index contributed by atoms with van der Waals surface area (Å²) in [5.74, 6) is -2.13. The number of rotatable bonds is 7. The normalized spacial score (nSPS) is 21.3. The SMILES string of the molecule is COc1ccc(F)c(N2CCC(Oc3ccc(N4CC(C(F)(F)F)CC4CC(=O)O)cn3)CC2)c1. The van der Waals surface area contributed by atoms with Crippen LogP contribution in [0.25, 0.3) is 0 Å². The van der Waals surface area contributed by atoms with Gasteiger partial charge in [0.05, 0.1) is 37.0 Å². The van der Waals surface area contributed by atoms with Crippen molar-refractivity contribution in [3.8, 4) is 11.6 Å². The highest BCUT2D eigenvalue weighted by Gasteiger charge is 2.48. The summed E-state index contributed by atoms with van der Waals surface area (Å²) in [5.41, 5.74) is 0.905. The molecule has 2 unspecified atom stereocenters. The topological polar surface area (TPSA) is 75.1 Å². The van der Waals surface area contributed by atoms with Crippen LogP contribution in [-0.4, -0.2) is 61.1 Å². The third-order valence-electron chi connectivity index (χ3n) is 6.56. The van der Waals surface area contributed by atoms with Crippen molar-refractivity contribution < 1.29 is 36.9 Å². The number of hydrogen-bond donors (Lipinski definition) is 1. The molecule has 0 saturated carbocycles. The summed E-state index contributed by atoms with van der Waals surface area (Å²) in [6.45, 7) is 0.856. The van der Waals surface area contributed by atoms with E-state index >= 15 is 0 Å². The Morgan fingerprint density at radius 1 is 1.20 bits per heavy atom. The molecule has 1 aromatic heterocycles. The van der Waals surface area contributed by atoms with Crippen molar-refractivity contribution in [2.24, 2.45) is 5.92 Å². The fraction of sp³-hybridized carbons (Fsp3) is 0.500. The Morgan fingerprint density at radius 3 is 2.54 bits per heavy atom. The Hall–Kier alpha value is -3.24. The first-order chi connectivity index (χ1) is 16.6. The summed E-state index contributed by atoms with van der Waals surface area (Å²) in [4.78, 5) is 18.8. The second-order valence-corrected chi connectivity index (χ2v) is 8.85. The number of halogens is 4. The molecule has 2 aliphatic rings. The van der Waals surface area contributed by atoms with Crippen molar-refractivity contribution in [3.63, 3.8) is 0 Å². The molecule has 11 heteroatoms. The third kappa shape index (κ3) is 5.88. The summed E-state index contributed by atoms with van der Waals surface area (Å²) in [6.07, 6.45) is -2.47. The van der Waals surface area contributed by atoms with Crippen LogP contribution in [0.1, 0.15) is 25.7 Å².